The van der Waals surface area contributed by atoms with Crippen molar-refractivity contribution in [2.75, 3.05) is 11.9 Å². The maximum absolute atomic E-state index is 12.0. The molecule has 0 atom stereocenters. The number of nitrogens with zero attached hydrogens (tertiary/aromatic N) is 2. The van der Waals surface area contributed by atoms with Crippen molar-refractivity contribution in [2.45, 2.75) is 13.1 Å². The molecule has 0 saturated heterocycles. The Hall–Kier alpha value is -1.29. The fourth-order valence-corrected chi connectivity index (χ4v) is 1.22. The van der Waals surface area contributed by atoms with E-state index in [1.165, 1.54) is 0 Å². The minimum Gasteiger partial charge on any atom is -0.349 e. The molecule has 0 amide bonds. The summed E-state index contributed by atoms with van der Waals surface area (Å²) in [6, 6.07) is 0. The Bertz CT molecular complexity index is 360. The smallest absolute Gasteiger partial charge is 0.349 e. The van der Waals surface area contributed by atoms with Gasteiger partial charge in [0, 0.05) is 0 Å². The first-order chi connectivity index (χ1) is 6.54. The molecular weight excluding hydrogens is 215 g/mol. The molecule has 0 aliphatic carbocycles. The zero-order chi connectivity index (χ0) is 10.6. The van der Waals surface area contributed by atoms with Crippen LogP contribution in [0.25, 0.3) is 0 Å². The maximum Gasteiger partial charge on any atom is 0.445 e. The van der Waals surface area contributed by atoms with E-state index >= 15 is 0 Å². The van der Waals surface area contributed by atoms with Gasteiger partial charge in [-0.15, -0.1) is 16.1 Å². The average Bonchev–Trinajstić information content (AvgIpc) is 2.52. The molecule has 0 bridgehead atoms. The quantitative estimate of drug-likeness (QED) is 0.776. The summed E-state index contributed by atoms with van der Waals surface area (Å²) in [6.45, 7) is 1.91. The molecule has 3 nitrogen and oxygen atoms in total. The number of hydrogen-bond acceptors (Lipinski definition) is 4. The summed E-state index contributed by atoms with van der Waals surface area (Å²) in [7, 11) is 0. The fraction of sp³-hybridized carbons (Fsp3) is 0.429. The Balaban J connectivity index is 2.63. The van der Waals surface area contributed by atoms with Crippen LogP contribution in [0.5, 0.6) is 0 Å². The zero-order valence-corrected chi connectivity index (χ0v) is 7.96. The highest BCUT2D eigenvalue weighted by Gasteiger charge is 2.35. The van der Waals surface area contributed by atoms with Crippen molar-refractivity contribution in [3.8, 4) is 11.8 Å². The molecule has 0 aromatic carbocycles. The summed E-state index contributed by atoms with van der Waals surface area (Å²) in [5.74, 6) is 5.24. The minimum absolute atomic E-state index is 0.125. The highest BCUT2D eigenvalue weighted by atomic mass is 32.1. The van der Waals surface area contributed by atoms with Gasteiger partial charge in [0.25, 0.3) is 0 Å². The van der Waals surface area contributed by atoms with E-state index in [0.29, 0.717) is 11.3 Å². The molecule has 0 saturated carbocycles. The third-order valence-electron chi connectivity index (χ3n) is 1.17. The van der Waals surface area contributed by atoms with E-state index < -0.39 is 11.2 Å². The maximum atomic E-state index is 12.0. The van der Waals surface area contributed by atoms with Crippen molar-refractivity contribution in [3.63, 3.8) is 0 Å². The lowest BCUT2D eigenvalue weighted by atomic mass is 10.6. The first-order valence-electron chi connectivity index (χ1n) is 3.58. The van der Waals surface area contributed by atoms with Crippen LogP contribution >= 0.6 is 11.3 Å². The molecule has 0 spiro atoms. The second-order valence-electron chi connectivity index (χ2n) is 2.19. The standard InChI is InChI=1S/C7H6F3N3S/c1-2-3-4-11-6-13-12-5(14-6)7(8,9)10/h4H2,1H3,(H,11,13). The normalized spacial score (nSPS) is 10.6. The lowest BCUT2D eigenvalue weighted by Crippen LogP contribution is -2.03. The van der Waals surface area contributed by atoms with Gasteiger partial charge in [0.15, 0.2) is 0 Å². The first-order valence-corrected chi connectivity index (χ1v) is 4.40. The molecule has 0 fully saturated rings. The minimum atomic E-state index is -4.42. The van der Waals surface area contributed by atoms with Crippen LogP contribution in [0.4, 0.5) is 18.3 Å². The second-order valence-corrected chi connectivity index (χ2v) is 3.17. The molecule has 7 heteroatoms. The van der Waals surface area contributed by atoms with Crippen LogP contribution in [0, 0.1) is 11.8 Å². The van der Waals surface area contributed by atoms with E-state index in [9.17, 15) is 13.2 Å². The van der Waals surface area contributed by atoms with E-state index in [1.807, 2.05) is 0 Å². The van der Waals surface area contributed by atoms with Crippen LogP contribution in [0.2, 0.25) is 0 Å². The van der Waals surface area contributed by atoms with Crippen LogP contribution in [0.15, 0.2) is 0 Å². The molecule has 1 aromatic rings. The number of aromatic nitrogens is 2. The molecule has 1 heterocycles. The molecule has 1 rings (SSSR count). The summed E-state index contributed by atoms with van der Waals surface area (Å²) >= 11 is 0.464. The second kappa shape index (κ2) is 4.28. The van der Waals surface area contributed by atoms with E-state index in [2.05, 4.69) is 27.4 Å². The van der Waals surface area contributed by atoms with Crippen LogP contribution in [0.1, 0.15) is 11.9 Å². The fourth-order valence-electron chi connectivity index (χ4n) is 0.617. The van der Waals surface area contributed by atoms with Gasteiger partial charge in [0.1, 0.15) is 0 Å². The van der Waals surface area contributed by atoms with Gasteiger partial charge in [-0.1, -0.05) is 17.3 Å². The molecule has 0 radical (unpaired) electrons. The van der Waals surface area contributed by atoms with Gasteiger partial charge in [0.2, 0.25) is 10.1 Å². The van der Waals surface area contributed by atoms with Crippen molar-refractivity contribution in [1.29, 1.82) is 0 Å². The van der Waals surface area contributed by atoms with Gasteiger partial charge in [0.05, 0.1) is 6.54 Å². The summed E-state index contributed by atoms with van der Waals surface area (Å²) < 4.78 is 36.1. The summed E-state index contributed by atoms with van der Waals surface area (Å²) in [5.41, 5.74) is 0. The molecule has 0 unspecified atom stereocenters. The van der Waals surface area contributed by atoms with Crippen LogP contribution in [0.3, 0.4) is 0 Å². The Kier molecular flexibility index (Phi) is 3.30. The van der Waals surface area contributed by atoms with Gasteiger partial charge < -0.3 is 5.32 Å². The predicted octanol–water partition coefficient (Wildman–Crippen LogP) is 1.99. The molecular formula is C7H6F3N3S. The number of rotatable bonds is 2. The van der Waals surface area contributed by atoms with Crippen LogP contribution in [-0.2, 0) is 6.18 Å². The van der Waals surface area contributed by atoms with Crippen LogP contribution in [-0.4, -0.2) is 16.7 Å². The number of halogens is 3. The van der Waals surface area contributed by atoms with Crippen LogP contribution < -0.4 is 5.32 Å². The summed E-state index contributed by atoms with van der Waals surface area (Å²) in [6.07, 6.45) is -4.42. The van der Waals surface area contributed by atoms with Gasteiger partial charge in [-0.05, 0) is 6.92 Å². The van der Waals surface area contributed by atoms with Crippen molar-refractivity contribution < 1.29 is 13.2 Å². The van der Waals surface area contributed by atoms with E-state index in [4.69, 9.17) is 0 Å². The molecule has 1 N–H and O–H groups in total. The number of alkyl halides is 3. The predicted molar refractivity (Wildman–Crippen MR) is 46.9 cm³/mol. The summed E-state index contributed by atoms with van der Waals surface area (Å²) in [4.78, 5) is 0. The number of anilines is 1. The van der Waals surface area contributed by atoms with Crippen molar-refractivity contribution in [3.05, 3.63) is 5.01 Å². The topological polar surface area (TPSA) is 37.8 Å². The lowest BCUT2D eigenvalue weighted by Gasteiger charge is -1.97. The largest absolute Gasteiger partial charge is 0.445 e. The number of hydrogen-bond donors (Lipinski definition) is 1. The number of nitrogens with one attached hydrogen (secondary N) is 1. The highest BCUT2D eigenvalue weighted by Crippen LogP contribution is 2.32. The van der Waals surface area contributed by atoms with E-state index in [-0.39, 0.29) is 11.7 Å². The Morgan fingerprint density at radius 1 is 1.43 bits per heavy atom. The van der Waals surface area contributed by atoms with Gasteiger partial charge >= 0.3 is 6.18 Å². The molecule has 1 aromatic heterocycles. The molecule has 76 valence electrons. The van der Waals surface area contributed by atoms with Crippen molar-refractivity contribution in [1.82, 2.24) is 10.2 Å². The van der Waals surface area contributed by atoms with E-state index in [0.717, 1.165) is 0 Å². The van der Waals surface area contributed by atoms with Gasteiger partial charge in [-0.25, -0.2) is 0 Å². The Morgan fingerprint density at radius 3 is 2.64 bits per heavy atom. The van der Waals surface area contributed by atoms with Crippen molar-refractivity contribution >= 4 is 16.5 Å². The summed E-state index contributed by atoms with van der Waals surface area (Å²) in [5, 5.41) is 8.10. The zero-order valence-electron chi connectivity index (χ0n) is 7.14. The van der Waals surface area contributed by atoms with Gasteiger partial charge in [-0.2, -0.15) is 13.2 Å². The Labute approximate surface area is 82.3 Å². The molecule has 0 aliphatic heterocycles. The van der Waals surface area contributed by atoms with Gasteiger partial charge in [-0.3, -0.25) is 0 Å². The average molecular weight is 221 g/mol. The highest BCUT2D eigenvalue weighted by molar-refractivity contribution is 7.15. The third-order valence-corrected chi connectivity index (χ3v) is 2.10. The SMILES string of the molecule is CC#CCNc1nnc(C(F)(F)F)s1. The molecule has 14 heavy (non-hydrogen) atoms. The van der Waals surface area contributed by atoms with Crippen molar-refractivity contribution in [2.24, 2.45) is 0 Å². The van der Waals surface area contributed by atoms with E-state index in [1.54, 1.807) is 6.92 Å². The first kappa shape index (κ1) is 10.8. The molecule has 0 aliphatic rings. The third kappa shape index (κ3) is 2.88. The Morgan fingerprint density at radius 2 is 2.14 bits per heavy atom. The lowest BCUT2D eigenvalue weighted by molar-refractivity contribution is -0.138. The monoisotopic (exact) mass is 221 g/mol.